The van der Waals surface area contributed by atoms with Gasteiger partial charge in [0.25, 0.3) is 0 Å². The van der Waals surface area contributed by atoms with Crippen molar-refractivity contribution in [3.8, 4) is 0 Å². The van der Waals surface area contributed by atoms with Crippen molar-refractivity contribution in [1.82, 2.24) is 0 Å². The first kappa shape index (κ1) is 11.9. The van der Waals surface area contributed by atoms with Crippen molar-refractivity contribution >= 4 is 13.4 Å². The zero-order valence-electron chi connectivity index (χ0n) is 9.02. The molecule has 0 N–H and O–H groups in total. The Hall–Kier alpha value is -0.180. The summed E-state index contributed by atoms with van der Waals surface area (Å²) < 4.78 is 22.5. The van der Waals surface area contributed by atoms with Gasteiger partial charge < -0.3 is 9.05 Å². The number of Topliss-reactive ketones (excluding diaryl/α,β-unsaturated/α-hetero) is 1. The van der Waals surface area contributed by atoms with Gasteiger partial charge in [-0.05, 0) is 20.8 Å². The van der Waals surface area contributed by atoms with E-state index in [9.17, 15) is 9.36 Å². The smallest absolute Gasteiger partial charge is 0.308 e. The molecule has 0 aliphatic carbocycles. The van der Waals surface area contributed by atoms with Crippen LogP contribution in [-0.2, 0) is 18.4 Å². The summed E-state index contributed by atoms with van der Waals surface area (Å²) >= 11 is 0. The Morgan fingerprint density at radius 2 is 2.07 bits per heavy atom. The molecule has 14 heavy (non-hydrogen) atoms. The Bertz CT molecular complexity index is 276. The Balaban J connectivity index is 2.96. The largest absolute Gasteiger partial charge is 0.341 e. The van der Waals surface area contributed by atoms with E-state index in [2.05, 4.69) is 0 Å². The lowest BCUT2D eigenvalue weighted by atomic mass is 10.00. The highest BCUT2D eigenvalue weighted by Crippen LogP contribution is 2.62. The van der Waals surface area contributed by atoms with E-state index in [-0.39, 0.29) is 17.8 Å². The molecule has 1 aliphatic rings. The lowest BCUT2D eigenvalue weighted by Gasteiger charge is -2.17. The monoisotopic (exact) mass is 220 g/mol. The summed E-state index contributed by atoms with van der Waals surface area (Å²) in [7, 11) is -3.20. The van der Waals surface area contributed by atoms with Crippen LogP contribution in [-0.4, -0.2) is 24.2 Å². The molecule has 1 saturated heterocycles. The second kappa shape index (κ2) is 4.13. The van der Waals surface area contributed by atoms with Crippen LogP contribution in [0.3, 0.4) is 0 Å². The predicted octanol–water partition coefficient (Wildman–Crippen LogP) is 2.23. The van der Waals surface area contributed by atoms with Gasteiger partial charge in [0, 0.05) is 5.92 Å². The molecule has 1 unspecified atom stereocenters. The van der Waals surface area contributed by atoms with Gasteiger partial charge >= 0.3 is 7.60 Å². The summed E-state index contributed by atoms with van der Waals surface area (Å²) in [6.07, 6.45) is -0.179. The van der Waals surface area contributed by atoms with Gasteiger partial charge in [-0.2, -0.15) is 0 Å². The van der Waals surface area contributed by atoms with Crippen molar-refractivity contribution in [3.05, 3.63) is 0 Å². The number of hydrogen-bond acceptors (Lipinski definition) is 4. The van der Waals surface area contributed by atoms with E-state index in [4.69, 9.17) is 9.05 Å². The third-order valence-electron chi connectivity index (χ3n) is 2.62. The van der Waals surface area contributed by atoms with Crippen LogP contribution < -0.4 is 0 Å². The topological polar surface area (TPSA) is 52.6 Å². The SMILES string of the molecule is CCOP1(=O)O[C@H](C)[C@@H](C)[C@@H]1C(C)=O. The highest BCUT2D eigenvalue weighted by molar-refractivity contribution is 7.56. The van der Waals surface area contributed by atoms with E-state index in [1.165, 1.54) is 6.92 Å². The van der Waals surface area contributed by atoms with Gasteiger partial charge in [-0.15, -0.1) is 0 Å². The van der Waals surface area contributed by atoms with E-state index in [0.717, 1.165) is 0 Å². The lowest BCUT2D eigenvalue weighted by molar-refractivity contribution is -0.117. The minimum Gasteiger partial charge on any atom is -0.308 e. The van der Waals surface area contributed by atoms with Crippen LogP contribution in [0, 0.1) is 5.92 Å². The maximum absolute atomic E-state index is 12.1. The van der Waals surface area contributed by atoms with Crippen LogP contribution in [0.25, 0.3) is 0 Å². The predicted molar refractivity (Wildman–Crippen MR) is 53.4 cm³/mol. The van der Waals surface area contributed by atoms with Gasteiger partial charge in [0.1, 0.15) is 11.4 Å². The molecule has 1 fully saturated rings. The molecule has 5 heteroatoms. The highest BCUT2D eigenvalue weighted by Gasteiger charge is 2.52. The fourth-order valence-electron chi connectivity index (χ4n) is 1.82. The number of carbonyl (C=O) groups is 1. The first-order valence-electron chi connectivity index (χ1n) is 4.85. The number of carbonyl (C=O) groups excluding carboxylic acids is 1. The summed E-state index contributed by atoms with van der Waals surface area (Å²) in [6.45, 7) is 7.18. The fraction of sp³-hybridized carbons (Fsp3) is 0.889. The minimum absolute atomic E-state index is 0.0371. The minimum atomic E-state index is -3.20. The molecule has 1 aliphatic heterocycles. The zero-order chi connectivity index (χ0) is 10.9. The average Bonchev–Trinajstić information content (AvgIpc) is 2.23. The van der Waals surface area contributed by atoms with Crippen molar-refractivity contribution in [1.29, 1.82) is 0 Å². The van der Waals surface area contributed by atoms with E-state index in [0.29, 0.717) is 6.61 Å². The molecule has 4 atom stereocenters. The summed E-state index contributed by atoms with van der Waals surface area (Å²) in [5.74, 6) is -0.150. The summed E-state index contributed by atoms with van der Waals surface area (Å²) in [4.78, 5) is 11.4. The van der Waals surface area contributed by atoms with Crippen LogP contribution in [0.15, 0.2) is 0 Å². The molecule has 1 heterocycles. The molecule has 4 nitrogen and oxygen atoms in total. The third kappa shape index (κ3) is 1.92. The molecule has 0 spiro atoms. The van der Waals surface area contributed by atoms with Gasteiger partial charge in [-0.3, -0.25) is 9.36 Å². The van der Waals surface area contributed by atoms with Crippen LogP contribution >= 0.6 is 7.60 Å². The lowest BCUT2D eigenvalue weighted by Crippen LogP contribution is -2.24. The first-order valence-corrected chi connectivity index (χ1v) is 6.46. The van der Waals surface area contributed by atoms with Crippen LogP contribution in [0.4, 0.5) is 0 Å². The summed E-state index contributed by atoms with van der Waals surface area (Å²) in [5, 5.41) is 0. The number of rotatable bonds is 3. The molecule has 0 saturated carbocycles. The number of hydrogen-bond donors (Lipinski definition) is 0. The van der Waals surface area contributed by atoms with Gasteiger partial charge in [-0.1, -0.05) is 6.92 Å². The van der Waals surface area contributed by atoms with E-state index in [1.807, 2.05) is 13.8 Å². The average molecular weight is 220 g/mol. The fourth-order valence-corrected chi connectivity index (χ4v) is 4.45. The summed E-state index contributed by atoms with van der Waals surface area (Å²) in [6, 6.07) is 0. The maximum atomic E-state index is 12.1. The standard InChI is InChI=1S/C9H17O4P/c1-5-12-14(11)9(7(3)10)6(2)8(4)13-14/h6,8-9H,5H2,1-4H3/t6-,8-,9-,14?/m1/s1. The maximum Gasteiger partial charge on any atom is 0.341 e. The van der Waals surface area contributed by atoms with Crippen molar-refractivity contribution < 1.29 is 18.4 Å². The molecular weight excluding hydrogens is 203 g/mol. The molecule has 0 aromatic heterocycles. The van der Waals surface area contributed by atoms with Crippen LogP contribution in [0.5, 0.6) is 0 Å². The van der Waals surface area contributed by atoms with Gasteiger partial charge in [0.05, 0.1) is 12.7 Å². The Morgan fingerprint density at radius 1 is 1.50 bits per heavy atom. The van der Waals surface area contributed by atoms with E-state index >= 15 is 0 Å². The third-order valence-corrected chi connectivity index (χ3v) is 5.38. The van der Waals surface area contributed by atoms with Crippen LogP contribution in [0.1, 0.15) is 27.7 Å². The zero-order valence-corrected chi connectivity index (χ0v) is 9.91. The number of ketones is 1. The quantitative estimate of drug-likeness (QED) is 0.684. The van der Waals surface area contributed by atoms with Crippen molar-refractivity contribution in [2.75, 3.05) is 6.61 Å². The molecule has 82 valence electrons. The molecular formula is C9H17O4P. The highest BCUT2D eigenvalue weighted by atomic mass is 31.2. The van der Waals surface area contributed by atoms with Gasteiger partial charge in [0.15, 0.2) is 0 Å². The Labute approximate surface area is 84.5 Å². The molecule has 1 rings (SSSR count). The van der Waals surface area contributed by atoms with E-state index in [1.54, 1.807) is 6.92 Å². The molecule has 0 amide bonds. The molecule has 0 aromatic rings. The van der Waals surface area contributed by atoms with Crippen LogP contribution in [0.2, 0.25) is 0 Å². The second-order valence-corrected chi connectivity index (χ2v) is 5.79. The first-order chi connectivity index (χ1) is 6.42. The van der Waals surface area contributed by atoms with Crippen molar-refractivity contribution in [2.45, 2.75) is 39.5 Å². The molecule has 0 radical (unpaired) electrons. The Kier molecular flexibility index (Phi) is 3.51. The van der Waals surface area contributed by atoms with Gasteiger partial charge in [0.2, 0.25) is 0 Å². The Morgan fingerprint density at radius 3 is 2.50 bits per heavy atom. The van der Waals surface area contributed by atoms with Crippen molar-refractivity contribution in [3.63, 3.8) is 0 Å². The van der Waals surface area contributed by atoms with E-state index < -0.39 is 13.3 Å². The van der Waals surface area contributed by atoms with Crippen molar-refractivity contribution in [2.24, 2.45) is 5.92 Å². The molecule has 0 bridgehead atoms. The molecule has 0 aromatic carbocycles. The summed E-state index contributed by atoms with van der Waals surface area (Å²) in [5.41, 5.74) is -0.586. The normalized spacial score (nSPS) is 42.7. The van der Waals surface area contributed by atoms with Gasteiger partial charge in [-0.25, -0.2) is 0 Å². The second-order valence-electron chi connectivity index (χ2n) is 3.68.